The van der Waals surface area contributed by atoms with E-state index in [1.165, 1.54) is 5.56 Å². The van der Waals surface area contributed by atoms with Crippen molar-refractivity contribution in [3.05, 3.63) is 47.8 Å². The molecule has 1 aliphatic rings. The second kappa shape index (κ2) is 9.20. The Balaban J connectivity index is 1.82. The number of sulfone groups is 1. The van der Waals surface area contributed by atoms with Gasteiger partial charge in [0.2, 0.25) is 15.0 Å². The van der Waals surface area contributed by atoms with Gasteiger partial charge in [-0.2, -0.15) is 0 Å². The summed E-state index contributed by atoms with van der Waals surface area (Å²) in [6.07, 6.45) is 4.44. The number of aryl methyl sites for hydroxylation is 1. The summed E-state index contributed by atoms with van der Waals surface area (Å²) in [5.74, 6) is 0.385. The Bertz CT molecular complexity index is 854. The van der Waals surface area contributed by atoms with Crippen LogP contribution in [0.3, 0.4) is 0 Å². The quantitative estimate of drug-likeness (QED) is 0.730. The van der Waals surface area contributed by atoms with E-state index in [1.54, 1.807) is 20.0 Å². The van der Waals surface area contributed by atoms with E-state index in [2.05, 4.69) is 22.0 Å². The minimum atomic E-state index is -3.44. The van der Waals surface area contributed by atoms with Gasteiger partial charge in [-0.25, -0.2) is 13.4 Å². The maximum absolute atomic E-state index is 12.8. The maximum atomic E-state index is 12.8. The van der Waals surface area contributed by atoms with Gasteiger partial charge in [-0.3, -0.25) is 4.90 Å². The highest BCUT2D eigenvalue weighted by Crippen LogP contribution is 2.22. The minimum Gasteiger partial charge on any atom is -0.396 e. The van der Waals surface area contributed by atoms with Crippen molar-refractivity contribution in [1.29, 1.82) is 0 Å². The van der Waals surface area contributed by atoms with Crippen LogP contribution in [-0.4, -0.2) is 52.9 Å². The molecule has 2 heterocycles. The average molecular weight is 406 g/mol. The fraction of sp³-hybridized carbons (Fsp3) is 0.571. The molecule has 7 heteroatoms. The molecule has 0 saturated carbocycles. The number of nitrogens with zero attached hydrogens (tertiary/aromatic N) is 3. The van der Waals surface area contributed by atoms with E-state index >= 15 is 0 Å². The topological polar surface area (TPSA) is 75.4 Å². The van der Waals surface area contributed by atoms with E-state index in [4.69, 9.17) is 0 Å². The van der Waals surface area contributed by atoms with Crippen molar-refractivity contribution in [2.45, 2.75) is 56.6 Å². The van der Waals surface area contributed by atoms with Crippen molar-refractivity contribution in [3.63, 3.8) is 0 Å². The molecule has 28 heavy (non-hydrogen) atoms. The molecule has 0 spiro atoms. The van der Waals surface area contributed by atoms with Crippen LogP contribution in [0.25, 0.3) is 0 Å². The molecule has 1 N–H and O–H groups in total. The summed E-state index contributed by atoms with van der Waals surface area (Å²) in [5, 5.41) is 9.01. The Kier molecular flexibility index (Phi) is 6.91. The number of aliphatic hydroxyl groups is 1. The van der Waals surface area contributed by atoms with Crippen LogP contribution in [0, 0.1) is 5.92 Å². The van der Waals surface area contributed by atoms with Crippen LogP contribution in [-0.2, 0) is 29.3 Å². The standard InChI is InChI=1S/C21H31N3O3S/c1-17(2)28(26,27)21-22-14-20(15-23-11-8-19(16-25)9-12-23)24(21)13-10-18-6-4-3-5-7-18/h3-7,14,17,19,25H,8-13,15-16H2,1-2H3. The Labute approximate surface area is 168 Å². The molecule has 0 aliphatic carbocycles. The van der Waals surface area contributed by atoms with Gasteiger partial charge in [0.25, 0.3) is 0 Å². The van der Waals surface area contributed by atoms with Crippen LogP contribution in [0.15, 0.2) is 41.7 Å². The summed E-state index contributed by atoms with van der Waals surface area (Å²) < 4.78 is 27.5. The molecule has 0 atom stereocenters. The van der Waals surface area contributed by atoms with E-state index in [0.717, 1.165) is 38.0 Å². The minimum absolute atomic E-state index is 0.179. The van der Waals surface area contributed by atoms with Gasteiger partial charge < -0.3 is 9.67 Å². The number of benzene rings is 1. The third kappa shape index (κ3) is 4.82. The molecule has 0 radical (unpaired) electrons. The first-order valence-electron chi connectivity index (χ1n) is 10.1. The highest BCUT2D eigenvalue weighted by Gasteiger charge is 2.27. The predicted octanol–water partition coefficient (Wildman–Crippen LogP) is 2.51. The third-order valence-electron chi connectivity index (χ3n) is 5.59. The molecule has 3 rings (SSSR count). The van der Waals surface area contributed by atoms with Crippen molar-refractivity contribution >= 4 is 9.84 Å². The molecule has 0 bridgehead atoms. The van der Waals surface area contributed by atoms with Gasteiger partial charge in [-0.15, -0.1) is 0 Å². The first kappa shape index (κ1) is 21.0. The number of piperidine rings is 1. The Morgan fingerprint density at radius 2 is 1.86 bits per heavy atom. The molecule has 1 aromatic carbocycles. The average Bonchev–Trinajstić information content (AvgIpc) is 3.11. The number of likely N-dealkylation sites (tertiary alicyclic amines) is 1. The smallest absolute Gasteiger partial charge is 0.228 e. The Morgan fingerprint density at radius 1 is 1.18 bits per heavy atom. The van der Waals surface area contributed by atoms with E-state index in [0.29, 0.717) is 19.0 Å². The summed E-state index contributed by atoms with van der Waals surface area (Å²) >= 11 is 0. The molecule has 1 aliphatic heterocycles. The lowest BCUT2D eigenvalue weighted by Crippen LogP contribution is -2.35. The molecule has 6 nitrogen and oxygen atoms in total. The number of aliphatic hydroxyl groups excluding tert-OH is 1. The number of aromatic nitrogens is 2. The maximum Gasteiger partial charge on any atom is 0.228 e. The van der Waals surface area contributed by atoms with Crippen LogP contribution in [0.4, 0.5) is 0 Å². The van der Waals surface area contributed by atoms with Crippen LogP contribution in [0.5, 0.6) is 0 Å². The van der Waals surface area contributed by atoms with Crippen molar-refractivity contribution in [2.24, 2.45) is 5.92 Å². The summed E-state index contributed by atoms with van der Waals surface area (Å²) in [4.78, 5) is 6.65. The summed E-state index contributed by atoms with van der Waals surface area (Å²) in [6.45, 7) is 6.76. The third-order valence-corrected chi connectivity index (χ3v) is 7.67. The molecular formula is C21H31N3O3S. The fourth-order valence-corrected chi connectivity index (χ4v) is 4.77. The molecule has 1 aromatic heterocycles. The molecule has 1 saturated heterocycles. The number of hydrogen-bond donors (Lipinski definition) is 1. The molecule has 154 valence electrons. The molecule has 1 fully saturated rings. The van der Waals surface area contributed by atoms with Gasteiger partial charge in [-0.05, 0) is 57.7 Å². The van der Waals surface area contributed by atoms with Gasteiger partial charge >= 0.3 is 0 Å². The highest BCUT2D eigenvalue weighted by atomic mass is 32.2. The Morgan fingerprint density at radius 3 is 2.46 bits per heavy atom. The van der Waals surface area contributed by atoms with Gasteiger partial charge in [-0.1, -0.05) is 30.3 Å². The first-order valence-corrected chi connectivity index (χ1v) is 11.6. The van der Waals surface area contributed by atoms with E-state index in [9.17, 15) is 13.5 Å². The number of hydrogen-bond acceptors (Lipinski definition) is 5. The lowest BCUT2D eigenvalue weighted by atomic mass is 9.98. The fourth-order valence-electron chi connectivity index (χ4n) is 3.64. The highest BCUT2D eigenvalue weighted by molar-refractivity contribution is 7.91. The van der Waals surface area contributed by atoms with Crippen LogP contribution in [0.1, 0.15) is 37.9 Å². The van der Waals surface area contributed by atoms with Crippen LogP contribution in [0.2, 0.25) is 0 Å². The van der Waals surface area contributed by atoms with Crippen LogP contribution >= 0.6 is 0 Å². The lowest BCUT2D eigenvalue weighted by molar-refractivity contribution is 0.125. The van der Waals surface area contributed by atoms with Gasteiger partial charge in [0.15, 0.2) is 0 Å². The summed E-state index contributed by atoms with van der Waals surface area (Å²) in [5.41, 5.74) is 2.12. The first-order chi connectivity index (χ1) is 13.4. The summed E-state index contributed by atoms with van der Waals surface area (Å²) in [7, 11) is -3.44. The zero-order valence-electron chi connectivity index (χ0n) is 16.8. The van der Waals surface area contributed by atoms with Crippen molar-refractivity contribution in [3.8, 4) is 0 Å². The van der Waals surface area contributed by atoms with Crippen LogP contribution < -0.4 is 0 Å². The number of imidazole rings is 1. The molecule has 2 aromatic rings. The second-order valence-electron chi connectivity index (χ2n) is 7.92. The van der Waals surface area contributed by atoms with Gasteiger partial charge in [0.05, 0.1) is 17.1 Å². The zero-order valence-corrected chi connectivity index (χ0v) is 17.6. The SMILES string of the molecule is CC(C)S(=O)(=O)c1ncc(CN2CCC(CO)CC2)n1CCc1ccccc1. The van der Waals surface area contributed by atoms with E-state index < -0.39 is 15.1 Å². The second-order valence-corrected chi connectivity index (χ2v) is 10.3. The summed E-state index contributed by atoms with van der Waals surface area (Å²) in [6, 6.07) is 10.1. The van der Waals surface area contributed by atoms with E-state index in [-0.39, 0.29) is 11.8 Å². The molecular weight excluding hydrogens is 374 g/mol. The predicted molar refractivity (Wildman–Crippen MR) is 110 cm³/mol. The molecule has 0 unspecified atom stereocenters. The monoisotopic (exact) mass is 405 g/mol. The van der Waals surface area contributed by atoms with Crippen molar-refractivity contribution < 1.29 is 13.5 Å². The molecule has 0 amide bonds. The zero-order chi connectivity index (χ0) is 20.1. The Hall–Kier alpha value is -1.70. The van der Waals surface area contributed by atoms with Gasteiger partial charge in [0.1, 0.15) is 0 Å². The van der Waals surface area contributed by atoms with E-state index in [1.807, 2.05) is 22.8 Å². The van der Waals surface area contributed by atoms with Crippen molar-refractivity contribution in [2.75, 3.05) is 19.7 Å². The number of rotatable bonds is 8. The largest absolute Gasteiger partial charge is 0.396 e. The van der Waals surface area contributed by atoms with Gasteiger partial charge in [0, 0.05) is 19.7 Å². The normalized spacial score (nSPS) is 16.7. The van der Waals surface area contributed by atoms with Crippen molar-refractivity contribution in [1.82, 2.24) is 14.5 Å². The lowest BCUT2D eigenvalue weighted by Gasteiger charge is -2.31.